The number of aromatic nitrogens is 2. The highest BCUT2D eigenvalue weighted by Gasteiger charge is 2.24. The predicted molar refractivity (Wildman–Crippen MR) is 102 cm³/mol. The van der Waals surface area contributed by atoms with Crippen molar-refractivity contribution >= 4 is 32.7 Å². The van der Waals surface area contributed by atoms with Crippen LogP contribution < -0.4 is 4.74 Å². The Kier molecular flexibility index (Phi) is 5.87. The summed E-state index contributed by atoms with van der Waals surface area (Å²) < 4.78 is 57.8. The van der Waals surface area contributed by atoms with E-state index < -0.39 is 16.6 Å². The van der Waals surface area contributed by atoms with Crippen molar-refractivity contribution in [1.29, 1.82) is 0 Å². The van der Waals surface area contributed by atoms with Crippen LogP contribution in [0.15, 0.2) is 47.4 Å². The summed E-state index contributed by atoms with van der Waals surface area (Å²) in [5.41, 5.74) is 1.70. The summed E-state index contributed by atoms with van der Waals surface area (Å²) >= 11 is 5.89. The maximum atomic E-state index is 12.9. The third-order valence-corrected chi connectivity index (χ3v) is 6.34. The zero-order chi connectivity index (χ0) is 20.5. The van der Waals surface area contributed by atoms with E-state index in [4.69, 9.17) is 11.6 Å². The lowest BCUT2D eigenvalue weighted by Gasteiger charge is -2.18. The Morgan fingerprint density at radius 1 is 1.25 bits per heavy atom. The number of benzene rings is 2. The maximum Gasteiger partial charge on any atom is 0.387 e. The van der Waals surface area contributed by atoms with Crippen molar-refractivity contribution in [3.05, 3.63) is 53.3 Å². The minimum Gasteiger partial charge on any atom is -0.433 e. The number of sulfonamides is 1. The molecule has 0 unspecified atom stereocenters. The number of imidazole rings is 1. The summed E-state index contributed by atoms with van der Waals surface area (Å²) in [7, 11) is -2.49. The maximum absolute atomic E-state index is 12.9. The van der Waals surface area contributed by atoms with E-state index in [1.165, 1.54) is 13.1 Å². The summed E-state index contributed by atoms with van der Waals surface area (Å²) in [4.78, 5) is 4.40. The van der Waals surface area contributed by atoms with Gasteiger partial charge in [-0.3, -0.25) is 0 Å². The summed E-state index contributed by atoms with van der Waals surface area (Å²) in [5.74, 6) is 0.310. The van der Waals surface area contributed by atoms with Gasteiger partial charge in [0.2, 0.25) is 10.0 Å². The Hall–Kier alpha value is -2.23. The first-order valence-corrected chi connectivity index (χ1v) is 10.2. The van der Waals surface area contributed by atoms with Gasteiger partial charge in [-0.1, -0.05) is 23.7 Å². The van der Waals surface area contributed by atoms with Crippen LogP contribution in [0.3, 0.4) is 0 Å². The van der Waals surface area contributed by atoms with Crippen LogP contribution in [-0.2, 0) is 23.1 Å². The number of halogens is 3. The molecule has 3 rings (SSSR count). The lowest BCUT2D eigenvalue weighted by molar-refractivity contribution is -0.0498. The summed E-state index contributed by atoms with van der Waals surface area (Å²) in [6.45, 7) is -0.426. The van der Waals surface area contributed by atoms with Gasteiger partial charge in [-0.05, 0) is 37.3 Å². The summed E-state index contributed by atoms with van der Waals surface area (Å²) in [6, 6.07) is 10.9. The quantitative estimate of drug-likeness (QED) is 0.566. The Morgan fingerprint density at radius 3 is 2.61 bits per heavy atom. The number of hydrogen-bond donors (Lipinski definition) is 0. The number of fused-ring (bicyclic) bond motifs is 1. The van der Waals surface area contributed by atoms with Crippen LogP contribution in [0.4, 0.5) is 8.78 Å². The van der Waals surface area contributed by atoms with Crippen molar-refractivity contribution in [2.24, 2.45) is 0 Å². The minimum atomic E-state index is -3.91. The van der Waals surface area contributed by atoms with E-state index in [9.17, 15) is 17.2 Å². The van der Waals surface area contributed by atoms with E-state index in [2.05, 4.69) is 9.72 Å². The standard InChI is InChI=1S/C18H18ClF2N3O3S/c1-3-24-15-7-5-4-6-14(15)22-17(24)11-23(2)28(25,26)12-8-9-16(13(19)10-12)27-18(20)21/h4-10,18H,3,11H2,1-2H3. The number of rotatable bonds is 7. The molecule has 0 spiro atoms. The van der Waals surface area contributed by atoms with Crippen LogP contribution >= 0.6 is 11.6 Å². The Morgan fingerprint density at radius 2 is 1.96 bits per heavy atom. The van der Waals surface area contributed by atoms with Crippen molar-refractivity contribution in [2.45, 2.75) is 31.5 Å². The number of aryl methyl sites for hydroxylation is 1. The molecular formula is C18H18ClF2N3O3S. The molecule has 28 heavy (non-hydrogen) atoms. The van der Waals surface area contributed by atoms with Crippen molar-refractivity contribution in [3.63, 3.8) is 0 Å². The lowest BCUT2D eigenvalue weighted by atomic mass is 10.3. The van der Waals surface area contributed by atoms with Crippen molar-refractivity contribution in [1.82, 2.24) is 13.9 Å². The van der Waals surface area contributed by atoms with E-state index in [-0.39, 0.29) is 22.2 Å². The Bertz CT molecular complexity index is 1100. The van der Waals surface area contributed by atoms with E-state index >= 15 is 0 Å². The molecule has 1 aromatic heterocycles. The fourth-order valence-corrected chi connectivity index (χ4v) is 4.34. The molecule has 2 aromatic carbocycles. The molecule has 150 valence electrons. The number of alkyl halides is 2. The molecule has 0 bridgehead atoms. The summed E-state index contributed by atoms with van der Waals surface area (Å²) in [5, 5.41) is -0.212. The highest BCUT2D eigenvalue weighted by atomic mass is 35.5. The van der Waals surface area contributed by atoms with Crippen LogP contribution in [0.5, 0.6) is 5.75 Å². The first kappa shape index (κ1) is 20.5. The minimum absolute atomic E-state index is 0.0394. The van der Waals surface area contributed by atoms with Gasteiger partial charge in [-0.15, -0.1) is 0 Å². The molecule has 0 saturated heterocycles. The van der Waals surface area contributed by atoms with Crippen molar-refractivity contribution in [3.8, 4) is 5.75 Å². The van der Waals surface area contributed by atoms with E-state index in [0.717, 1.165) is 27.5 Å². The highest BCUT2D eigenvalue weighted by molar-refractivity contribution is 7.89. The average Bonchev–Trinajstić information content (AvgIpc) is 2.99. The first-order valence-electron chi connectivity index (χ1n) is 8.39. The van der Waals surface area contributed by atoms with Crippen LogP contribution in [0.2, 0.25) is 5.02 Å². The SMILES string of the molecule is CCn1c(CN(C)S(=O)(=O)c2ccc(OC(F)F)c(Cl)c2)nc2ccccc21. The van der Waals surface area contributed by atoms with Gasteiger partial charge >= 0.3 is 6.61 Å². The lowest BCUT2D eigenvalue weighted by Crippen LogP contribution is -2.28. The van der Waals surface area contributed by atoms with Gasteiger partial charge in [0.25, 0.3) is 0 Å². The average molecular weight is 430 g/mol. The van der Waals surface area contributed by atoms with E-state index in [0.29, 0.717) is 12.4 Å². The number of nitrogens with zero attached hydrogens (tertiary/aromatic N) is 3. The second-order valence-corrected chi connectivity index (χ2v) is 8.44. The predicted octanol–water partition coefficient (Wildman–Crippen LogP) is 4.13. The monoisotopic (exact) mass is 429 g/mol. The van der Waals surface area contributed by atoms with Crippen LogP contribution in [0.25, 0.3) is 11.0 Å². The molecule has 1 heterocycles. The molecule has 6 nitrogen and oxygen atoms in total. The molecule has 0 atom stereocenters. The third kappa shape index (κ3) is 3.96. The topological polar surface area (TPSA) is 64.4 Å². The van der Waals surface area contributed by atoms with Gasteiger partial charge in [0, 0.05) is 13.6 Å². The Balaban J connectivity index is 1.90. The molecule has 0 radical (unpaired) electrons. The van der Waals surface area contributed by atoms with Gasteiger partial charge < -0.3 is 9.30 Å². The molecule has 0 amide bonds. The van der Waals surface area contributed by atoms with Gasteiger partial charge in [-0.25, -0.2) is 13.4 Å². The largest absolute Gasteiger partial charge is 0.433 e. The molecule has 0 fully saturated rings. The number of hydrogen-bond acceptors (Lipinski definition) is 4. The third-order valence-electron chi connectivity index (χ3n) is 4.24. The second-order valence-electron chi connectivity index (χ2n) is 5.99. The highest BCUT2D eigenvalue weighted by Crippen LogP contribution is 2.30. The molecule has 0 aliphatic heterocycles. The number of ether oxygens (including phenoxy) is 1. The molecule has 0 aliphatic carbocycles. The fourth-order valence-electron chi connectivity index (χ4n) is 2.90. The first-order chi connectivity index (χ1) is 13.2. The molecule has 0 saturated carbocycles. The van der Waals surface area contributed by atoms with Crippen molar-refractivity contribution in [2.75, 3.05) is 7.05 Å². The number of para-hydroxylation sites is 2. The normalized spacial score (nSPS) is 12.2. The molecule has 3 aromatic rings. The van der Waals surface area contributed by atoms with Crippen molar-refractivity contribution < 1.29 is 21.9 Å². The smallest absolute Gasteiger partial charge is 0.387 e. The zero-order valence-corrected chi connectivity index (χ0v) is 16.7. The molecule has 0 aliphatic rings. The van der Waals surface area contributed by atoms with Crippen LogP contribution in [0.1, 0.15) is 12.7 Å². The van der Waals surface area contributed by atoms with Crippen LogP contribution in [0, 0.1) is 0 Å². The summed E-state index contributed by atoms with van der Waals surface area (Å²) in [6.07, 6.45) is 0. The van der Waals surface area contributed by atoms with E-state index in [1.807, 2.05) is 35.8 Å². The molecule has 0 N–H and O–H groups in total. The van der Waals surface area contributed by atoms with Gasteiger partial charge in [0.15, 0.2) is 0 Å². The Labute approximate surface area is 166 Å². The van der Waals surface area contributed by atoms with Gasteiger partial charge in [-0.2, -0.15) is 13.1 Å². The fraction of sp³-hybridized carbons (Fsp3) is 0.278. The molecule has 10 heteroatoms. The van der Waals surface area contributed by atoms with Crippen LogP contribution in [-0.4, -0.2) is 35.9 Å². The zero-order valence-electron chi connectivity index (χ0n) is 15.1. The van der Waals surface area contributed by atoms with Gasteiger partial charge in [0.1, 0.15) is 11.6 Å². The van der Waals surface area contributed by atoms with E-state index in [1.54, 1.807) is 0 Å². The van der Waals surface area contributed by atoms with Gasteiger partial charge in [0.05, 0.1) is 27.5 Å². The molecular weight excluding hydrogens is 412 g/mol. The second kappa shape index (κ2) is 8.02.